The number of benzene rings is 1. The second-order valence-electron chi connectivity index (χ2n) is 5.46. The van der Waals surface area contributed by atoms with Crippen LogP contribution in [0.2, 0.25) is 10.0 Å². The molecule has 4 nitrogen and oxygen atoms in total. The van der Waals surface area contributed by atoms with Gasteiger partial charge >= 0.3 is 6.03 Å². The van der Waals surface area contributed by atoms with Crippen LogP contribution in [-0.4, -0.2) is 10.9 Å². The number of nitrogens with zero attached hydrogens (tertiary/aromatic N) is 1. The Morgan fingerprint density at radius 1 is 1.24 bits per heavy atom. The molecular weight excluding hydrogens is 379 g/mol. The third-order valence-electron chi connectivity index (χ3n) is 3.76. The van der Waals surface area contributed by atoms with Gasteiger partial charge in [0.05, 0.1) is 28.9 Å². The normalized spacial score (nSPS) is 12.0. The van der Waals surface area contributed by atoms with Crippen LogP contribution in [-0.2, 0) is 6.54 Å². The lowest BCUT2D eigenvalue weighted by molar-refractivity contribution is 0.184. The highest BCUT2D eigenvalue weighted by atomic mass is 35.5. The molecule has 0 saturated carbocycles. The first-order valence-electron chi connectivity index (χ1n) is 7.63. The highest BCUT2D eigenvalue weighted by Gasteiger charge is 2.23. The number of amides is 2. The Morgan fingerprint density at radius 2 is 2.08 bits per heavy atom. The smallest absolute Gasteiger partial charge is 0.322 e. The molecule has 0 aliphatic heterocycles. The molecule has 25 heavy (non-hydrogen) atoms. The number of halogens is 2. The lowest BCUT2D eigenvalue weighted by Gasteiger charge is -2.28. The van der Waals surface area contributed by atoms with Gasteiger partial charge in [-0.1, -0.05) is 29.3 Å². The Bertz CT molecular complexity index is 835. The molecule has 2 aromatic heterocycles. The van der Waals surface area contributed by atoms with Gasteiger partial charge < -0.3 is 14.6 Å². The molecule has 130 valence electrons. The summed E-state index contributed by atoms with van der Waals surface area (Å²) in [6.45, 7) is 2.35. The fraction of sp³-hybridized carbons (Fsp3) is 0.167. The molecule has 2 amide bonds. The first-order chi connectivity index (χ1) is 12.0. The van der Waals surface area contributed by atoms with Gasteiger partial charge in [0.2, 0.25) is 0 Å². The maximum absolute atomic E-state index is 12.9. The van der Waals surface area contributed by atoms with Crippen LogP contribution in [0.1, 0.15) is 23.6 Å². The van der Waals surface area contributed by atoms with Crippen molar-refractivity contribution in [1.29, 1.82) is 0 Å². The van der Waals surface area contributed by atoms with Crippen LogP contribution in [0, 0.1) is 0 Å². The minimum Gasteiger partial charge on any atom is -0.467 e. The van der Waals surface area contributed by atoms with Crippen molar-refractivity contribution in [2.45, 2.75) is 19.5 Å². The van der Waals surface area contributed by atoms with Crippen LogP contribution in [0.4, 0.5) is 10.5 Å². The van der Waals surface area contributed by atoms with Crippen LogP contribution >= 0.6 is 34.5 Å². The molecule has 0 aliphatic carbocycles. The number of hydrogen-bond acceptors (Lipinski definition) is 3. The van der Waals surface area contributed by atoms with Crippen LogP contribution in [0.3, 0.4) is 0 Å². The van der Waals surface area contributed by atoms with Crippen molar-refractivity contribution >= 4 is 46.3 Å². The van der Waals surface area contributed by atoms with E-state index >= 15 is 0 Å². The van der Waals surface area contributed by atoms with E-state index in [4.69, 9.17) is 27.6 Å². The quantitative estimate of drug-likeness (QED) is 0.540. The van der Waals surface area contributed by atoms with E-state index in [0.717, 1.165) is 4.88 Å². The Balaban J connectivity index is 1.82. The average molecular weight is 395 g/mol. The molecule has 1 aromatic carbocycles. The standard InChI is InChI=1S/C18H16Cl2N2O2S/c1-12(17-5-3-9-25-17)22(11-14-4-2-8-24-14)18(23)21-13-6-7-15(19)16(20)10-13/h2-10,12H,11H2,1H3,(H,21,23)/t12-/m1/s1. The molecule has 2 heterocycles. The zero-order valence-corrected chi connectivity index (χ0v) is 15.7. The van der Waals surface area contributed by atoms with Crippen molar-refractivity contribution in [2.24, 2.45) is 0 Å². The lowest BCUT2D eigenvalue weighted by Crippen LogP contribution is -2.36. The van der Waals surface area contributed by atoms with E-state index in [-0.39, 0.29) is 12.1 Å². The summed E-state index contributed by atoms with van der Waals surface area (Å²) in [6.07, 6.45) is 1.60. The zero-order valence-electron chi connectivity index (χ0n) is 13.4. The van der Waals surface area contributed by atoms with E-state index in [0.29, 0.717) is 28.0 Å². The van der Waals surface area contributed by atoms with Gasteiger partial charge in [-0.3, -0.25) is 0 Å². The summed E-state index contributed by atoms with van der Waals surface area (Å²) in [6, 6.07) is 12.3. The zero-order chi connectivity index (χ0) is 17.8. The molecule has 1 N–H and O–H groups in total. The number of nitrogens with one attached hydrogen (secondary N) is 1. The fourth-order valence-corrected chi connectivity index (χ4v) is 3.50. The predicted molar refractivity (Wildman–Crippen MR) is 102 cm³/mol. The van der Waals surface area contributed by atoms with Crippen molar-refractivity contribution in [2.75, 3.05) is 5.32 Å². The molecule has 3 rings (SSSR count). The van der Waals surface area contributed by atoms with E-state index in [1.165, 1.54) is 0 Å². The van der Waals surface area contributed by atoms with Gasteiger partial charge in [0, 0.05) is 10.6 Å². The van der Waals surface area contributed by atoms with Crippen molar-refractivity contribution < 1.29 is 9.21 Å². The highest BCUT2D eigenvalue weighted by Crippen LogP contribution is 2.29. The monoisotopic (exact) mass is 394 g/mol. The number of carbonyl (C=O) groups excluding carboxylic acids is 1. The molecule has 0 saturated heterocycles. The summed E-state index contributed by atoms with van der Waals surface area (Å²) in [7, 11) is 0. The van der Waals surface area contributed by atoms with Gasteiger partial charge in [0.25, 0.3) is 0 Å². The minimum absolute atomic E-state index is 0.104. The van der Waals surface area contributed by atoms with Gasteiger partial charge in [0.1, 0.15) is 5.76 Å². The molecule has 0 spiro atoms. The summed E-state index contributed by atoms with van der Waals surface area (Å²) in [5.74, 6) is 0.715. The maximum Gasteiger partial charge on any atom is 0.322 e. The lowest BCUT2D eigenvalue weighted by atomic mass is 10.2. The third-order valence-corrected chi connectivity index (χ3v) is 5.54. The second-order valence-corrected chi connectivity index (χ2v) is 7.25. The van der Waals surface area contributed by atoms with E-state index in [2.05, 4.69) is 5.32 Å². The predicted octanol–water partition coefficient (Wildman–Crippen LogP) is 6.44. The maximum atomic E-state index is 12.9. The van der Waals surface area contributed by atoms with Crippen molar-refractivity contribution in [3.8, 4) is 0 Å². The Labute approximate surface area is 160 Å². The second kappa shape index (κ2) is 7.95. The largest absolute Gasteiger partial charge is 0.467 e. The van der Waals surface area contributed by atoms with Gasteiger partial charge in [-0.2, -0.15) is 0 Å². The highest BCUT2D eigenvalue weighted by molar-refractivity contribution is 7.10. The molecule has 0 bridgehead atoms. The first kappa shape index (κ1) is 17.9. The summed E-state index contributed by atoms with van der Waals surface area (Å²) in [5.41, 5.74) is 0.585. The van der Waals surface area contributed by atoms with Crippen molar-refractivity contribution in [3.05, 3.63) is 74.8 Å². The molecule has 3 aromatic rings. The van der Waals surface area contributed by atoms with Gasteiger partial charge in [-0.25, -0.2) is 4.79 Å². The minimum atomic E-state index is -0.240. The summed E-state index contributed by atoms with van der Waals surface area (Å²) in [4.78, 5) is 15.7. The molecule has 1 atom stereocenters. The van der Waals surface area contributed by atoms with Crippen molar-refractivity contribution in [3.63, 3.8) is 0 Å². The van der Waals surface area contributed by atoms with Crippen LogP contribution in [0.25, 0.3) is 0 Å². The number of anilines is 1. The fourth-order valence-electron chi connectivity index (χ4n) is 2.41. The molecule has 0 fully saturated rings. The van der Waals surface area contributed by atoms with E-state index in [1.807, 2.05) is 30.5 Å². The molecule has 0 aliphatic rings. The number of hydrogen-bond donors (Lipinski definition) is 1. The Kier molecular flexibility index (Phi) is 5.68. The molecule has 7 heteroatoms. The van der Waals surface area contributed by atoms with Crippen LogP contribution < -0.4 is 5.32 Å². The number of carbonyl (C=O) groups is 1. The molecular formula is C18H16Cl2N2O2S. The number of urea groups is 1. The first-order valence-corrected chi connectivity index (χ1v) is 9.26. The Hall–Kier alpha value is -1.95. The number of rotatable bonds is 5. The van der Waals surface area contributed by atoms with Gasteiger partial charge in [0.15, 0.2) is 0 Å². The number of thiophene rings is 1. The van der Waals surface area contributed by atoms with Gasteiger partial charge in [-0.15, -0.1) is 11.3 Å². The third kappa shape index (κ3) is 4.37. The summed E-state index contributed by atoms with van der Waals surface area (Å²) in [5, 5.41) is 5.70. The van der Waals surface area contributed by atoms with E-state index in [1.54, 1.807) is 46.8 Å². The van der Waals surface area contributed by atoms with Crippen LogP contribution in [0.15, 0.2) is 58.5 Å². The summed E-state index contributed by atoms with van der Waals surface area (Å²) < 4.78 is 5.41. The molecule has 0 radical (unpaired) electrons. The number of furan rings is 1. The Morgan fingerprint density at radius 3 is 2.72 bits per heavy atom. The van der Waals surface area contributed by atoms with Crippen molar-refractivity contribution in [1.82, 2.24) is 4.90 Å². The summed E-state index contributed by atoms with van der Waals surface area (Å²) >= 11 is 13.6. The average Bonchev–Trinajstić information content (AvgIpc) is 3.28. The van der Waals surface area contributed by atoms with Crippen LogP contribution in [0.5, 0.6) is 0 Å². The van der Waals surface area contributed by atoms with E-state index in [9.17, 15) is 4.79 Å². The SMILES string of the molecule is C[C@H](c1cccs1)N(Cc1ccco1)C(=O)Nc1ccc(Cl)c(Cl)c1. The van der Waals surface area contributed by atoms with Gasteiger partial charge in [-0.05, 0) is 48.7 Å². The topological polar surface area (TPSA) is 45.5 Å². The van der Waals surface area contributed by atoms with E-state index < -0.39 is 0 Å². The molecule has 0 unspecified atom stereocenters.